The van der Waals surface area contributed by atoms with Gasteiger partial charge >= 0.3 is 11.8 Å². The smallest absolute Gasteiger partial charge is 0.314 e. The molecule has 0 spiro atoms. The van der Waals surface area contributed by atoms with E-state index in [-0.39, 0.29) is 0 Å². The van der Waals surface area contributed by atoms with Crippen LogP contribution >= 0.6 is 11.6 Å². The van der Waals surface area contributed by atoms with Gasteiger partial charge in [0, 0.05) is 16.4 Å². The van der Waals surface area contributed by atoms with Crippen LogP contribution in [0.4, 0.5) is 11.4 Å². The molecule has 108 valence electrons. The predicted octanol–water partition coefficient (Wildman–Crippen LogP) is 3.53. The van der Waals surface area contributed by atoms with E-state index in [1.807, 2.05) is 32.0 Å². The second-order valence-corrected chi connectivity index (χ2v) is 5.17. The number of rotatable bonds is 2. The normalized spacial score (nSPS) is 10.0. The van der Waals surface area contributed by atoms with Crippen molar-refractivity contribution in [2.45, 2.75) is 13.8 Å². The Balaban J connectivity index is 2.04. The summed E-state index contributed by atoms with van der Waals surface area (Å²) >= 11 is 5.76. The molecule has 4 nitrogen and oxygen atoms in total. The van der Waals surface area contributed by atoms with Crippen LogP contribution in [-0.2, 0) is 9.59 Å². The van der Waals surface area contributed by atoms with Crippen molar-refractivity contribution in [1.29, 1.82) is 0 Å². The number of amides is 2. The van der Waals surface area contributed by atoms with E-state index < -0.39 is 11.8 Å². The van der Waals surface area contributed by atoms with Crippen LogP contribution in [0.2, 0.25) is 5.02 Å². The fourth-order valence-electron chi connectivity index (χ4n) is 1.77. The molecular formula is C16H15ClN2O2. The molecule has 2 N–H and O–H groups in total. The number of halogens is 1. The predicted molar refractivity (Wildman–Crippen MR) is 84.6 cm³/mol. The molecule has 0 atom stereocenters. The van der Waals surface area contributed by atoms with E-state index in [2.05, 4.69) is 10.6 Å². The molecule has 0 saturated heterocycles. The zero-order valence-electron chi connectivity index (χ0n) is 11.7. The Labute approximate surface area is 128 Å². The minimum Gasteiger partial charge on any atom is -0.318 e. The largest absolute Gasteiger partial charge is 0.318 e. The number of carbonyl (C=O) groups is 2. The van der Waals surface area contributed by atoms with Gasteiger partial charge in [-0.1, -0.05) is 23.7 Å². The van der Waals surface area contributed by atoms with Gasteiger partial charge in [-0.3, -0.25) is 9.59 Å². The number of hydrogen-bond donors (Lipinski definition) is 2. The summed E-state index contributed by atoms with van der Waals surface area (Å²) in [5.74, 6) is -1.43. The summed E-state index contributed by atoms with van der Waals surface area (Å²) in [4.78, 5) is 23.7. The van der Waals surface area contributed by atoms with Gasteiger partial charge in [0.05, 0.1) is 0 Å². The molecule has 0 bridgehead atoms. The quantitative estimate of drug-likeness (QED) is 0.834. The average Bonchev–Trinajstić information content (AvgIpc) is 2.45. The fourth-order valence-corrected chi connectivity index (χ4v) is 1.90. The van der Waals surface area contributed by atoms with Crippen LogP contribution in [0.5, 0.6) is 0 Å². The Kier molecular flexibility index (Phi) is 4.60. The van der Waals surface area contributed by atoms with Gasteiger partial charge in [-0.15, -0.1) is 0 Å². The van der Waals surface area contributed by atoms with Gasteiger partial charge in [0.2, 0.25) is 0 Å². The summed E-state index contributed by atoms with van der Waals surface area (Å²) in [6.07, 6.45) is 0. The average molecular weight is 303 g/mol. The third kappa shape index (κ3) is 4.07. The van der Waals surface area contributed by atoms with E-state index in [1.54, 1.807) is 24.3 Å². The van der Waals surface area contributed by atoms with Crippen LogP contribution in [-0.4, -0.2) is 11.8 Å². The van der Waals surface area contributed by atoms with Crippen molar-refractivity contribution in [3.63, 3.8) is 0 Å². The highest BCUT2D eigenvalue weighted by molar-refractivity contribution is 6.43. The minimum atomic E-state index is -0.724. The Hall–Kier alpha value is -2.33. The second kappa shape index (κ2) is 6.41. The molecular weight excluding hydrogens is 288 g/mol. The van der Waals surface area contributed by atoms with E-state index in [1.165, 1.54) is 0 Å². The molecule has 0 radical (unpaired) electrons. The summed E-state index contributed by atoms with van der Waals surface area (Å²) in [6.45, 7) is 3.79. The standard InChI is InChI=1S/C16H15ClN2O2/c1-10-3-4-11(2)14(9-10)19-16(21)15(20)18-13-7-5-12(17)6-8-13/h3-9H,1-2H3,(H,18,20)(H,19,21). The summed E-state index contributed by atoms with van der Waals surface area (Å²) in [7, 11) is 0. The van der Waals surface area contributed by atoms with Crippen LogP contribution < -0.4 is 10.6 Å². The molecule has 0 aromatic heterocycles. The van der Waals surface area contributed by atoms with E-state index in [0.29, 0.717) is 16.4 Å². The number of nitrogens with one attached hydrogen (secondary N) is 2. The van der Waals surface area contributed by atoms with E-state index in [9.17, 15) is 9.59 Å². The zero-order chi connectivity index (χ0) is 15.4. The monoisotopic (exact) mass is 302 g/mol. The highest BCUT2D eigenvalue weighted by atomic mass is 35.5. The first-order valence-electron chi connectivity index (χ1n) is 6.41. The van der Waals surface area contributed by atoms with Crippen molar-refractivity contribution in [1.82, 2.24) is 0 Å². The van der Waals surface area contributed by atoms with Crippen molar-refractivity contribution in [2.24, 2.45) is 0 Å². The Morgan fingerprint density at radius 2 is 1.52 bits per heavy atom. The van der Waals surface area contributed by atoms with Crippen LogP contribution in [0.1, 0.15) is 11.1 Å². The van der Waals surface area contributed by atoms with Crippen molar-refractivity contribution >= 4 is 34.8 Å². The lowest BCUT2D eigenvalue weighted by Gasteiger charge is -2.09. The van der Waals surface area contributed by atoms with Crippen LogP contribution in [0.15, 0.2) is 42.5 Å². The molecule has 0 aliphatic carbocycles. The maximum atomic E-state index is 11.9. The lowest BCUT2D eigenvalue weighted by Crippen LogP contribution is -2.29. The zero-order valence-corrected chi connectivity index (χ0v) is 12.5. The fraction of sp³-hybridized carbons (Fsp3) is 0.125. The molecule has 0 fully saturated rings. The number of anilines is 2. The third-order valence-corrected chi connectivity index (χ3v) is 3.20. The molecule has 0 aliphatic heterocycles. The molecule has 0 unspecified atom stereocenters. The van der Waals surface area contributed by atoms with Crippen LogP contribution in [0, 0.1) is 13.8 Å². The van der Waals surface area contributed by atoms with Crippen LogP contribution in [0.3, 0.4) is 0 Å². The molecule has 0 heterocycles. The van der Waals surface area contributed by atoms with Gasteiger partial charge in [0.25, 0.3) is 0 Å². The van der Waals surface area contributed by atoms with E-state index >= 15 is 0 Å². The molecule has 0 aliphatic rings. The highest BCUT2D eigenvalue weighted by Gasteiger charge is 2.15. The van der Waals surface area contributed by atoms with Crippen molar-refractivity contribution in [3.05, 3.63) is 58.6 Å². The second-order valence-electron chi connectivity index (χ2n) is 4.73. The summed E-state index contributed by atoms with van der Waals surface area (Å²) in [5, 5.41) is 5.68. The van der Waals surface area contributed by atoms with Crippen molar-refractivity contribution in [3.8, 4) is 0 Å². The lowest BCUT2D eigenvalue weighted by molar-refractivity contribution is -0.133. The minimum absolute atomic E-state index is 0.514. The van der Waals surface area contributed by atoms with Gasteiger partial charge in [-0.25, -0.2) is 0 Å². The molecule has 2 amide bonds. The molecule has 21 heavy (non-hydrogen) atoms. The highest BCUT2D eigenvalue weighted by Crippen LogP contribution is 2.17. The number of benzene rings is 2. The Morgan fingerprint density at radius 3 is 2.19 bits per heavy atom. The molecule has 5 heteroatoms. The van der Waals surface area contributed by atoms with Gasteiger partial charge < -0.3 is 10.6 Å². The third-order valence-electron chi connectivity index (χ3n) is 2.95. The topological polar surface area (TPSA) is 58.2 Å². The van der Waals surface area contributed by atoms with E-state index in [0.717, 1.165) is 11.1 Å². The summed E-state index contributed by atoms with van der Waals surface area (Å²) in [6, 6.07) is 12.2. The number of aryl methyl sites for hydroxylation is 2. The van der Waals surface area contributed by atoms with Crippen LogP contribution in [0.25, 0.3) is 0 Å². The van der Waals surface area contributed by atoms with Crippen molar-refractivity contribution in [2.75, 3.05) is 10.6 Å². The van der Waals surface area contributed by atoms with Gasteiger partial charge in [-0.2, -0.15) is 0 Å². The number of hydrogen-bond acceptors (Lipinski definition) is 2. The Bertz CT molecular complexity index is 681. The first kappa shape index (κ1) is 15.1. The summed E-state index contributed by atoms with van der Waals surface area (Å²) < 4.78 is 0. The molecule has 2 aromatic rings. The molecule has 2 aromatic carbocycles. The lowest BCUT2D eigenvalue weighted by atomic mass is 10.1. The molecule has 2 rings (SSSR count). The SMILES string of the molecule is Cc1ccc(C)c(NC(=O)C(=O)Nc2ccc(Cl)cc2)c1. The van der Waals surface area contributed by atoms with Gasteiger partial charge in [0.1, 0.15) is 0 Å². The van der Waals surface area contributed by atoms with Crippen molar-refractivity contribution < 1.29 is 9.59 Å². The maximum absolute atomic E-state index is 11.9. The first-order valence-corrected chi connectivity index (χ1v) is 6.78. The van der Waals surface area contributed by atoms with E-state index in [4.69, 9.17) is 11.6 Å². The Morgan fingerprint density at radius 1 is 0.905 bits per heavy atom. The van der Waals surface area contributed by atoms with Gasteiger partial charge in [0.15, 0.2) is 0 Å². The first-order chi connectivity index (χ1) is 9.95. The number of carbonyl (C=O) groups excluding carboxylic acids is 2. The maximum Gasteiger partial charge on any atom is 0.314 e. The van der Waals surface area contributed by atoms with Gasteiger partial charge in [-0.05, 0) is 55.3 Å². The summed E-state index contributed by atoms with van der Waals surface area (Å²) in [5.41, 5.74) is 3.05. The molecule has 0 saturated carbocycles.